The Labute approximate surface area is 254 Å². The van der Waals surface area contributed by atoms with Gasteiger partial charge in [-0.05, 0) is 115 Å². The third-order valence-corrected chi connectivity index (χ3v) is 8.15. The van der Waals surface area contributed by atoms with Gasteiger partial charge in [-0.25, -0.2) is 0 Å². The molecule has 0 atom stereocenters. The highest BCUT2D eigenvalue weighted by molar-refractivity contribution is 6.30. The van der Waals surface area contributed by atoms with E-state index in [-0.39, 0.29) is 0 Å². The zero-order chi connectivity index (χ0) is 29.7. The molecule has 0 saturated heterocycles. The van der Waals surface area contributed by atoms with Crippen LogP contribution in [0.3, 0.4) is 0 Å². The Morgan fingerprint density at radius 3 is 1.86 bits per heavy atom. The molecule has 0 amide bonds. The lowest BCUT2D eigenvalue weighted by atomic mass is 9.89. The first-order chi connectivity index (χ1) is 20.5. The SMILES string of the molecule is CCCCCCc1cc(N=CC(C)=Nc2cc(CC)c(-c3ccccc3)c(-c3ccccc3)c2)cc(CCCC)c1C. The summed E-state index contributed by atoms with van der Waals surface area (Å²) < 4.78 is 0. The highest BCUT2D eigenvalue weighted by Gasteiger charge is 2.14. The minimum Gasteiger partial charge on any atom is -0.255 e. The lowest BCUT2D eigenvalue weighted by molar-refractivity contribution is 0.665. The van der Waals surface area contributed by atoms with Gasteiger partial charge in [0.25, 0.3) is 0 Å². The number of aryl methyl sites for hydroxylation is 3. The molecule has 4 rings (SSSR count). The second kappa shape index (κ2) is 16.0. The summed E-state index contributed by atoms with van der Waals surface area (Å²) in [5, 5.41) is 0. The van der Waals surface area contributed by atoms with Crippen LogP contribution in [-0.4, -0.2) is 11.9 Å². The third kappa shape index (κ3) is 8.38. The fraction of sp³-hybridized carbons (Fsp3) is 0.350. The summed E-state index contributed by atoms with van der Waals surface area (Å²) in [5.74, 6) is 0. The number of benzene rings is 4. The molecule has 4 aromatic rings. The molecular formula is C40H48N2. The Balaban J connectivity index is 1.68. The van der Waals surface area contributed by atoms with E-state index in [1.54, 1.807) is 0 Å². The molecule has 0 N–H and O–H groups in total. The van der Waals surface area contributed by atoms with Gasteiger partial charge in [-0.15, -0.1) is 0 Å². The number of unbranched alkanes of at least 4 members (excludes halogenated alkanes) is 4. The van der Waals surface area contributed by atoms with Gasteiger partial charge in [0.15, 0.2) is 0 Å². The number of aliphatic imine (C=N–C) groups is 2. The summed E-state index contributed by atoms with van der Waals surface area (Å²) in [6.45, 7) is 11.1. The van der Waals surface area contributed by atoms with Gasteiger partial charge in [-0.2, -0.15) is 0 Å². The van der Waals surface area contributed by atoms with Crippen LogP contribution in [0.15, 0.2) is 94.9 Å². The van der Waals surface area contributed by atoms with E-state index in [0.29, 0.717) is 0 Å². The van der Waals surface area contributed by atoms with Crippen LogP contribution in [0.25, 0.3) is 22.3 Å². The van der Waals surface area contributed by atoms with Crippen molar-refractivity contribution in [1.82, 2.24) is 0 Å². The summed E-state index contributed by atoms with van der Waals surface area (Å²) in [6.07, 6.45) is 12.7. The predicted molar refractivity (Wildman–Crippen MR) is 185 cm³/mol. The van der Waals surface area contributed by atoms with E-state index in [1.807, 2.05) is 6.21 Å². The maximum absolute atomic E-state index is 5.05. The number of rotatable bonds is 14. The van der Waals surface area contributed by atoms with Crippen LogP contribution >= 0.6 is 0 Å². The Morgan fingerprint density at radius 2 is 1.24 bits per heavy atom. The molecule has 2 heteroatoms. The maximum atomic E-state index is 5.05. The quantitative estimate of drug-likeness (QED) is 0.109. The largest absolute Gasteiger partial charge is 0.255 e. The van der Waals surface area contributed by atoms with E-state index in [0.717, 1.165) is 36.3 Å². The third-order valence-electron chi connectivity index (χ3n) is 8.15. The highest BCUT2D eigenvalue weighted by atomic mass is 14.8. The molecule has 0 spiro atoms. The first-order valence-corrected chi connectivity index (χ1v) is 16.0. The van der Waals surface area contributed by atoms with Gasteiger partial charge in [0.05, 0.1) is 17.1 Å². The Morgan fingerprint density at radius 1 is 0.643 bits per heavy atom. The second-order valence-electron chi connectivity index (χ2n) is 11.4. The number of hydrogen-bond acceptors (Lipinski definition) is 2. The van der Waals surface area contributed by atoms with Gasteiger partial charge in [0.1, 0.15) is 0 Å². The van der Waals surface area contributed by atoms with Gasteiger partial charge >= 0.3 is 0 Å². The average molecular weight is 557 g/mol. The van der Waals surface area contributed by atoms with Crippen molar-refractivity contribution < 1.29 is 0 Å². The minimum atomic E-state index is 0.906. The second-order valence-corrected chi connectivity index (χ2v) is 11.4. The van der Waals surface area contributed by atoms with Crippen molar-refractivity contribution in [2.75, 3.05) is 0 Å². The van der Waals surface area contributed by atoms with E-state index >= 15 is 0 Å². The Kier molecular flexibility index (Phi) is 11.9. The van der Waals surface area contributed by atoms with Crippen LogP contribution in [0.4, 0.5) is 11.4 Å². The van der Waals surface area contributed by atoms with Crippen molar-refractivity contribution in [2.24, 2.45) is 9.98 Å². The van der Waals surface area contributed by atoms with Gasteiger partial charge in [0.2, 0.25) is 0 Å². The lowest BCUT2D eigenvalue weighted by Gasteiger charge is -2.16. The molecule has 0 aliphatic carbocycles. The van der Waals surface area contributed by atoms with Crippen LogP contribution in [0, 0.1) is 6.92 Å². The standard InChI is InChI=1S/C40H48N2/c1-6-9-11-14-24-36-27-37(26-35(31(36)5)19-10-7-2)41-29-30(4)42-38-25-32(8-3)40(34-22-17-13-18-23-34)39(28-38)33-20-15-12-16-21-33/h12-13,15-18,20-23,25-29H,6-11,14,19,24H2,1-5H3. The normalized spacial score (nSPS) is 11.9. The zero-order valence-corrected chi connectivity index (χ0v) is 26.4. The van der Waals surface area contributed by atoms with Crippen LogP contribution < -0.4 is 0 Å². The molecule has 42 heavy (non-hydrogen) atoms. The van der Waals surface area contributed by atoms with Crippen molar-refractivity contribution in [2.45, 2.75) is 92.4 Å². The summed E-state index contributed by atoms with van der Waals surface area (Å²) >= 11 is 0. The molecule has 218 valence electrons. The van der Waals surface area contributed by atoms with Crippen LogP contribution in [-0.2, 0) is 19.3 Å². The molecule has 2 nitrogen and oxygen atoms in total. The molecule has 0 heterocycles. The molecule has 0 aliphatic rings. The van der Waals surface area contributed by atoms with Crippen molar-refractivity contribution in [3.05, 3.63) is 107 Å². The first kappa shape index (κ1) is 31.2. The average Bonchev–Trinajstić information content (AvgIpc) is 3.02. The van der Waals surface area contributed by atoms with Gasteiger partial charge in [0, 0.05) is 6.21 Å². The molecule has 0 aliphatic heterocycles. The van der Waals surface area contributed by atoms with Crippen molar-refractivity contribution in [3.8, 4) is 22.3 Å². The molecule has 0 unspecified atom stereocenters. The van der Waals surface area contributed by atoms with Crippen molar-refractivity contribution >= 4 is 23.3 Å². The molecule has 0 bridgehead atoms. The minimum absolute atomic E-state index is 0.906. The number of nitrogens with zero attached hydrogens (tertiary/aromatic N) is 2. The fourth-order valence-corrected chi connectivity index (χ4v) is 5.75. The first-order valence-electron chi connectivity index (χ1n) is 16.0. The molecule has 0 fully saturated rings. The lowest BCUT2D eigenvalue weighted by Crippen LogP contribution is -1.98. The topological polar surface area (TPSA) is 24.7 Å². The summed E-state index contributed by atoms with van der Waals surface area (Å²) in [5.41, 5.74) is 13.6. The van der Waals surface area contributed by atoms with E-state index in [4.69, 9.17) is 9.98 Å². The summed E-state index contributed by atoms with van der Waals surface area (Å²) in [4.78, 5) is 10.0. The zero-order valence-electron chi connectivity index (χ0n) is 26.4. The Hall–Kier alpha value is -3.78. The Bertz CT molecular complexity index is 1480. The fourth-order valence-electron chi connectivity index (χ4n) is 5.75. The van der Waals surface area contributed by atoms with E-state index in [2.05, 4.69) is 120 Å². The summed E-state index contributed by atoms with van der Waals surface area (Å²) in [6, 6.07) is 30.5. The van der Waals surface area contributed by atoms with Gasteiger partial charge in [-0.3, -0.25) is 9.98 Å². The smallest absolute Gasteiger partial charge is 0.0642 e. The monoisotopic (exact) mass is 556 g/mol. The van der Waals surface area contributed by atoms with Crippen LogP contribution in [0.5, 0.6) is 0 Å². The number of hydrogen-bond donors (Lipinski definition) is 0. The molecule has 4 aromatic carbocycles. The molecule has 0 radical (unpaired) electrons. The maximum Gasteiger partial charge on any atom is 0.0642 e. The van der Waals surface area contributed by atoms with E-state index < -0.39 is 0 Å². The predicted octanol–water partition coefficient (Wildman–Crippen LogP) is 11.9. The van der Waals surface area contributed by atoms with Gasteiger partial charge in [-0.1, -0.05) is 107 Å². The molecule has 0 saturated carbocycles. The van der Waals surface area contributed by atoms with E-state index in [9.17, 15) is 0 Å². The van der Waals surface area contributed by atoms with E-state index in [1.165, 1.54) is 83.0 Å². The van der Waals surface area contributed by atoms with Gasteiger partial charge < -0.3 is 0 Å². The molecular weight excluding hydrogens is 508 g/mol. The van der Waals surface area contributed by atoms with Crippen LogP contribution in [0.2, 0.25) is 0 Å². The summed E-state index contributed by atoms with van der Waals surface area (Å²) in [7, 11) is 0. The molecule has 0 aromatic heterocycles. The van der Waals surface area contributed by atoms with Crippen molar-refractivity contribution in [1.29, 1.82) is 0 Å². The van der Waals surface area contributed by atoms with Crippen LogP contribution in [0.1, 0.15) is 88.5 Å². The highest BCUT2D eigenvalue weighted by Crippen LogP contribution is 2.38. The van der Waals surface area contributed by atoms with Crippen molar-refractivity contribution in [3.63, 3.8) is 0 Å².